The van der Waals surface area contributed by atoms with Crippen molar-refractivity contribution in [3.8, 4) is 5.75 Å². The summed E-state index contributed by atoms with van der Waals surface area (Å²) in [7, 11) is 0. The van der Waals surface area contributed by atoms with Crippen molar-refractivity contribution in [1.82, 2.24) is 10.2 Å². The van der Waals surface area contributed by atoms with Crippen molar-refractivity contribution in [2.75, 3.05) is 6.61 Å². The van der Waals surface area contributed by atoms with Gasteiger partial charge in [-0.1, -0.05) is 41.1 Å². The molecule has 6 heteroatoms. The lowest BCUT2D eigenvalue weighted by molar-refractivity contribution is -0.142. The van der Waals surface area contributed by atoms with Crippen molar-refractivity contribution in [3.05, 3.63) is 63.1 Å². The first-order chi connectivity index (χ1) is 14.6. The number of carbonyl (C=O) groups is 2. The maximum absolute atomic E-state index is 13.2. The molecular weight excluding hydrogens is 456 g/mol. The molecule has 0 unspecified atom stereocenters. The number of benzene rings is 2. The van der Waals surface area contributed by atoms with Crippen molar-refractivity contribution in [2.45, 2.75) is 66.6 Å². The fourth-order valence-electron chi connectivity index (χ4n) is 3.25. The van der Waals surface area contributed by atoms with E-state index in [4.69, 9.17) is 4.74 Å². The van der Waals surface area contributed by atoms with Crippen molar-refractivity contribution in [1.29, 1.82) is 0 Å². The van der Waals surface area contributed by atoms with Gasteiger partial charge in [-0.3, -0.25) is 9.59 Å². The third-order valence-corrected chi connectivity index (χ3v) is 6.02. The van der Waals surface area contributed by atoms with E-state index in [2.05, 4.69) is 27.3 Å². The van der Waals surface area contributed by atoms with Crippen molar-refractivity contribution < 1.29 is 14.3 Å². The highest BCUT2D eigenvalue weighted by Gasteiger charge is 2.27. The fourth-order valence-corrected chi connectivity index (χ4v) is 3.70. The van der Waals surface area contributed by atoms with E-state index in [1.807, 2.05) is 65.0 Å². The summed E-state index contributed by atoms with van der Waals surface area (Å²) in [5.41, 5.74) is 4.15. The van der Waals surface area contributed by atoms with Gasteiger partial charge in [-0.25, -0.2) is 0 Å². The Labute approximate surface area is 194 Å². The quantitative estimate of drug-likeness (QED) is 0.534. The second-order valence-corrected chi connectivity index (χ2v) is 9.05. The molecule has 0 saturated carbocycles. The standard InChI is InChI=1S/C25H33BrN2O3/c1-7-18(4)27-25(30)20(6)28(14-21-9-8-10-22(26)13-21)24(29)15-31-23-12-16(2)11-17(3)19(23)5/h8-13,18,20H,7,14-15H2,1-6H3,(H,27,30)/t18-,20+/m0/s1. The molecule has 0 saturated heterocycles. The molecule has 2 aromatic rings. The third-order valence-electron chi connectivity index (χ3n) is 5.53. The molecule has 2 aromatic carbocycles. The first-order valence-electron chi connectivity index (χ1n) is 10.7. The van der Waals surface area contributed by atoms with Crippen LogP contribution in [0.2, 0.25) is 0 Å². The molecule has 0 radical (unpaired) electrons. The number of nitrogens with one attached hydrogen (secondary N) is 1. The molecular formula is C25H33BrN2O3. The first kappa shape index (κ1) is 24.9. The Morgan fingerprint density at radius 2 is 1.84 bits per heavy atom. The summed E-state index contributed by atoms with van der Waals surface area (Å²) in [6.07, 6.45) is 0.827. The van der Waals surface area contributed by atoms with Gasteiger partial charge in [0.05, 0.1) is 0 Å². The number of hydrogen-bond acceptors (Lipinski definition) is 3. The van der Waals surface area contributed by atoms with E-state index in [1.165, 1.54) is 0 Å². The second kappa shape index (κ2) is 11.3. The van der Waals surface area contributed by atoms with Gasteiger partial charge in [-0.2, -0.15) is 0 Å². The average molecular weight is 489 g/mol. The van der Waals surface area contributed by atoms with Crippen LogP contribution < -0.4 is 10.1 Å². The highest BCUT2D eigenvalue weighted by atomic mass is 79.9. The molecule has 1 N–H and O–H groups in total. The number of rotatable bonds is 9. The van der Waals surface area contributed by atoms with Crippen molar-refractivity contribution in [2.24, 2.45) is 0 Å². The van der Waals surface area contributed by atoms with Gasteiger partial charge in [0.25, 0.3) is 5.91 Å². The highest BCUT2D eigenvalue weighted by molar-refractivity contribution is 9.10. The molecule has 31 heavy (non-hydrogen) atoms. The van der Waals surface area contributed by atoms with Crippen LogP contribution in [0.4, 0.5) is 0 Å². The summed E-state index contributed by atoms with van der Waals surface area (Å²) in [6.45, 7) is 11.9. The SMILES string of the molecule is CC[C@H](C)NC(=O)[C@@H](C)N(Cc1cccc(Br)c1)C(=O)COc1cc(C)cc(C)c1C. The summed E-state index contributed by atoms with van der Waals surface area (Å²) in [5, 5.41) is 2.98. The Kier molecular flexibility index (Phi) is 9.11. The molecule has 0 heterocycles. The zero-order valence-corrected chi connectivity index (χ0v) is 20.9. The maximum atomic E-state index is 13.2. The lowest BCUT2D eigenvalue weighted by atomic mass is 10.1. The molecule has 2 amide bonds. The van der Waals surface area contributed by atoms with Crippen LogP contribution in [-0.2, 0) is 16.1 Å². The van der Waals surface area contributed by atoms with Crippen LogP contribution >= 0.6 is 15.9 Å². The fraction of sp³-hybridized carbons (Fsp3) is 0.440. The topological polar surface area (TPSA) is 58.6 Å². The molecule has 0 spiro atoms. The van der Waals surface area contributed by atoms with Crippen LogP contribution in [0.5, 0.6) is 5.75 Å². The van der Waals surface area contributed by atoms with E-state index < -0.39 is 6.04 Å². The number of hydrogen-bond donors (Lipinski definition) is 1. The Balaban J connectivity index is 2.22. The lowest BCUT2D eigenvalue weighted by Gasteiger charge is -2.29. The Hall–Kier alpha value is -2.34. The van der Waals surface area contributed by atoms with Crippen molar-refractivity contribution in [3.63, 3.8) is 0 Å². The molecule has 0 fully saturated rings. The third kappa shape index (κ3) is 7.10. The minimum atomic E-state index is -0.621. The summed E-state index contributed by atoms with van der Waals surface area (Å²) in [5.74, 6) is 0.301. The molecule has 0 aliphatic heterocycles. The molecule has 2 rings (SSSR count). The van der Waals surface area contributed by atoms with Gasteiger partial charge in [0, 0.05) is 17.1 Å². The van der Waals surface area contributed by atoms with Gasteiger partial charge < -0.3 is 15.0 Å². The number of nitrogens with zero attached hydrogens (tertiary/aromatic N) is 1. The van der Waals surface area contributed by atoms with Gasteiger partial charge >= 0.3 is 0 Å². The molecule has 0 bridgehead atoms. The zero-order valence-electron chi connectivity index (χ0n) is 19.3. The Bertz CT molecular complexity index is 929. The molecule has 0 aliphatic carbocycles. The Morgan fingerprint density at radius 1 is 1.13 bits per heavy atom. The maximum Gasteiger partial charge on any atom is 0.261 e. The predicted octanol–water partition coefficient (Wildman–Crippen LogP) is 5.09. The average Bonchev–Trinajstić information content (AvgIpc) is 2.72. The summed E-state index contributed by atoms with van der Waals surface area (Å²) in [6, 6.07) is 11.2. The normalized spacial score (nSPS) is 12.7. The highest BCUT2D eigenvalue weighted by Crippen LogP contribution is 2.23. The number of amides is 2. The van der Waals surface area contributed by atoms with Gasteiger partial charge in [0.15, 0.2) is 6.61 Å². The summed E-state index contributed by atoms with van der Waals surface area (Å²) >= 11 is 3.47. The van der Waals surface area contributed by atoms with Crippen molar-refractivity contribution >= 4 is 27.7 Å². The number of halogens is 1. The molecule has 0 aliphatic rings. The smallest absolute Gasteiger partial charge is 0.261 e. The van der Waals surface area contributed by atoms with Gasteiger partial charge in [-0.15, -0.1) is 0 Å². The lowest BCUT2D eigenvalue weighted by Crippen LogP contribution is -2.50. The van der Waals surface area contributed by atoms with E-state index >= 15 is 0 Å². The van der Waals surface area contributed by atoms with E-state index in [1.54, 1.807) is 11.8 Å². The molecule has 168 valence electrons. The predicted molar refractivity (Wildman–Crippen MR) is 128 cm³/mol. The van der Waals surface area contributed by atoms with Crippen LogP contribution in [0.15, 0.2) is 40.9 Å². The molecule has 5 nitrogen and oxygen atoms in total. The first-order valence-corrected chi connectivity index (χ1v) is 11.5. The van der Waals surface area contributed by atoms with Crippen LogP contribution in [0, 0.1) is 20.8 Å². The van der Waals surface area contributed by atoms with Gasteiger partial charge in [0.1, 0.15) is 11.8 Å². The number of ether oxygens (including phenoxy) is 1. The van der Waals surface area contributed by atoms with Crippen LogP contribution in [0.3, 0.4) is 0 Å². The van der Waals surface area contributed by atoms with Crippen LogP contribution in [0.1, 0.15) is 49.4 Å². The van der Waals surface area contributed by atoms with Gasteiger partial charge in [-0.05, 0) is 81.5 Å². The Morgan fingerprint density at radius 3 is 2.48 bits per heavy atom. The minimum Gasteiger partial charge on any atom is -0.483 e. The monoisotopic (exact) mass is 488 g/mol. The molecule has 0 aromatic heterocycles. The minimum absolute atomic E-state index is 0.0481. The number of aryl methyl sites for hydroxylation is 2. The van der Waals surface area contributed by atoms with Gasteiger partial charge in [0.2, 0.25) is 5.91 Å². The van der Waals surface area contributed by atoms with Crippen LogP contribution in [0.25, 0.3) is 0 Å². The van der Waals surface area contributed by atoms with Crippen LogP contribution in [-0.4, -0.2) is 35.4 Å². The van der Waals surface area contributed by atoms with E-state index in [0.29, 0.717) is 12.3 Å². The summed E-state index contributed by atoms with van der Waals surface area (Å²) < 4.78 is 6.83. The van der Waals surface area contributed by atoms with E-state index in [9.17, 15) is 9.59 Å². The second-order valence-electron chi connectivity index (χ2n) is 8.14. The number of carbonyl (C=O) groups excluding carboxylic acids is 2. The van der Waals surface area contributed by atoms with E-state index in [-0.39, 0.29) is 24.5 Å². The van der Waals surface area contributed by atoms with E-state index in [0.717, 1.165) is 33.1 Å². The summed E-state index contributed by atoms with van der Waals surface area (Å²) in [4.78, 5) is 27.6. The largest absolute Gasteiger partial charge is 0.483 e. The molecule has 2 atom stereocenters. The zero-order chi connectivity index (χ0) is 23.1.